The molecule has 0 bridgehead atoms. The third-order valence-electron chi connectivity index (χ3n) is 3.67. The molecule has 5 heteroatoms. The number of nitrogens with one attached hydrogen (secondary N) is 3. The molecule has 0 spiro atoms. The Labute approximate surface area is 101 Å². The number of carbonyl (C=O) groups excluding carboxylic acids is 1. The fourth-order valence-corrected chi connectivity index (χ4v) is 2.71. The van der Waals surface area contributed by atoms with Gasteiger partial charge in [-0.2, -0.15) is 0 Å². The molecule has 2 aliphatic heterocycles. The predicted molar refractivity (Wildman–Crippen MR) is 64.7 cm³/mol. The van der Waals surface area contributed by atoms with Gasteiger partial charge in [-0.3, -0.25) is 0 Å². The van der Waals surface area contributed by atoms with Gasteiger partial charge in [-0.15, -0.1) is 0 Å². The number of hydrogen-bond acceptors (Lipinski definition) is 2. The minimum Gasteiger partial charge on any atom is -0.367 e. The minimum atomic E-state index is 0.0740. The van der Waals surface area contributed by atoms with Gasteiger partial charge in [-0.05, 0) is 31.0 Å². The summed E-state index contributed by atoms with van der Waals surface area (Å²) in [7, 11) is 0. The summed E-state index contributed by atoms with van der Waals surface area (Å²) in [6, 6.07) is 2.58. The average Bonchev–Trinajstić information content (AvgIpc) is 2.99. The highest BCUT2D eigenvalue weighted by atomic mass is 16.2. The second-order valence-electron chi connectivity index (χ2n) is 4.80. The topological polar surface area (TPSA) is 60.2 Å². The zero-order valence-electron chi connectivity index (χ0n) is 9.78. The Morgan fingerprint density at radius 2 is 2.35 bits per heavy atom. The number of urea groups is 1. The van der Waals surface area contributed by atoms with E-state index in [9.17, 15) is 4.79 Å². The van der Waals surface area contributed by atoms with Crippen LogP contribution in [0, 0.1) is 0 Å². The van der Waals surface area contributed by atoms with Crippen molar-refractivity contribution >= 4 is 6.03 Å². The van der Waals surface area contributed by atoms with E-state index in [0.717, 1.165) is 38.0 Å². The van der Waals surface area contributed by atoms with Gasteiger partial charge >= 0.3 is 6.03 Å². The standard InChI is InChI=1S/C12H18N4O/c17-12-15-11(9-3-5-14-6-9)8-16(12)10-2-1-4-13-7-10/h3,5-6,10-11,13-14H,1-2,4,7-8H2,(H,15,17). The van der Waals surface area contributed by atoms with E-state index < -0.39 is 0 Å². The third-order valence-corrected chi connectivity index (χ3v) is 3.67. The quantitative estimate of drug-likeness (QED) is 0.710. The highest BCUT2D eigenvalue weighted by Crippen LogP contribution is 2.23. The summed E-state index contributed by atoms with van der Waals surface area (Å²) in [6.45, 7) is 2.78. The van der Waals surface area contributed by atoms with Crippen molar-refractivity contribution in [3.8, 4) is 0 Å². The largest absolute Gasteiger partial charge is 0.367 e. The number of aromatic amines is 1. The molecule has 3 heterocycles. The minimum absolute atomic E-state index is 0.0740. The summed E-state index contributed by atoms with van der Waals surface area (Å²) in [5.74, 6) is 0. The van der Waals surface area contributed by atoms with Crippen LogP contribution >= 0.6 is 0 Å². The molecule has 92 valence electrons. The SMILES string of the molecule is O=C1NC(c2cc[nH]c2)CN1C1CCCNC1. The van der Waals surface area contributed by atoms with Gasteiger partial charge in [0, 0.05) is 31.5 Å². The molecule has 0 aliphatic carbocycles. The Balaban J connectivity index is 1.69. The summed E-state index contributed by atoms with van der Waals surface area (Å²) < 4.78 is 0. The molecule has 2 saturated heterocycles. The maximum absolute atomic E-state index is 12.0. The average molecular weight is 234 g/mol. The van der Waals surface area contributed by atoms with Gasteiger partial charge in [0.05, 0.1) is 6.04 Å². The molecule has 0 saturated carbocycles. The smallest absolute Gasteiger partial charge is 0.318 e. The van der Waals surface area contributed by atoms with E-state index in [-0.39, 0.29) is 12.1 Å². The van der Waals surface area contributed by atoms with E-state index in [4.69, 9.17) is 0 Å². The number of piperidine rings is 1. The van der Waals surface area contributed by atoms with E-state index >= 15 is 0 Å². The predicted octanol–water partition coefficient (Wildman–Crippen LogP) is 0.833. The lowest BCUT2D eigenvalue weighted by Crippen LogP contribution is -2.47. The van der Waals surface area contributed by atoms with Gasteiger partial charge in [0.1, 0.15) is 0 Å². The zero-order chi connectivity index (χ0) is 11.7. The molecule has 17 heavy (non-hydrogen) atoms. The number of H-pyrrole nitrogens is 1. The number of aromatic nitrogens is 1. The van der Waals surface area contributed by atoms with E-state index in [1.165, 1.54) is 0 Å². The van der Waals surface area contributed by atoms with Crippen LogP contribution in [0.3, 0.4) is 0 Å². The summed E-state index contributed by atoms with van der Waals surface area (Å²) in [6.07, 6.45) is 6.11. The lowest BCUT2D eigenvalue weighted by Gasteiger charge is -2.30. The number of hydrogen-bond donors (Lipinski definition) is 3. The van der Waals surface area contributed by atoms with Crippen molar-refractivity contribution in [3.05, 3.63) is 24.0 Å². The van der Waals surface area contributed by atoms with Crippen LogP contribution in [0.1, 0.15) is 24.4 Å². The molecule has 0 radical (unpaired) electrons. The van der Waals surface area contributed by atoms with Gasteiger partial charge in [0.2, 0.25) is 0 Å². The molecule has 2 fully saturated rings. The molecule has 5 nitrogen and oxygen atoms in total. The highest BCUT2D eigenvalue weighted by Gasteiger charge is 2.34. The zero-order valence-corrected chi connectivity index (χ0v) is 9.78. The first-order chi connectivity index (χ1) is 8.34. The van der Waals surface area contributed by atoms with Gasteiger partial charge in [0.15, 0.2) is 0 Å². The van der Waals surface area contributed by atoms with E-state index in [2.05, 4.69) is 15.6 Å². The summed E-state index contributed by atoms with van der Waals surface area (Å²) in [5.41, 5.74) is 1.16. The van der Waals surface area contributed by atoms with Crippen LogP contribution in [0.5, 0.6) is 0 Å². The maximum Gasteiger partial charge on any atom is 0.318 e. The second kappa shape index (κ2) is 4.41. The molecular weight excluding hydrogens is 216 g/mol. The van der Waals surface area contributed by atoms with E-state index in [1.54, 1.807) is 0 Å². The van der Waals surface area contributed by atoms with Crippen LogP contribution in [-0.4, -0.2) is 41.6 Å². The fourth-order valence-electron chi connectivity index (χ4n) is 2.71. The van der Waals surface area contributed by atoms with Gasteiger partial charge < -0.3 is 20.5 Å². The van der Waals surface area contributed by atoms with Crippen LogP contribution in [0.4, 0.5) is 4.79 Å². The summed E-state index contributed by atoms with van der Waals surface area (Å²) in [4.78, 5) is 17.0. The molecule has 3 rings (SSSR count). The number of rotatable bonds is 2. The van der Waals surface area contributed by atoms with Crippen molar-refractivity contribution in [3.63, 3.8) is 0 Å². The highest BCUT2D eigenvalue weighted by molar-refractivity contribution is 5.77. The van der Waals surface area contributed by atoms with Gasteiger partial charge in [-0.1, -0.05) is 0 Å². The molecule has 0 aromatic carbocycles. The molecule has 2 atom stereocenters. The normalized spacial score (nSPS) is 29.4. The van der Waals surface area contributed by atoms with Crippen LogP contribution in [0.2, 0.25) is 0 Å². The molecular formula is C12H18N4O. The Bertz CT molecular complexity index is 383. The first kappa shape index (κ1) is 10.7. The van der Waals surface area contributed by atoms with E-state index in [1.807, 2.05) is 23.4 Å². The Morgan fingerprint density at radius 3 is 3.06 bits per heavy atom. The molecule has 1 aromatic rings. The second-order valence-corrected chi connectivity index (χ2v) is 4.80. The first-order valence-electron chi connectivity index (χ1n) is 6.25. The van der Waals surface area contributed by atoms with Crippen LogP contribution < -0.4 is 10.6 Å². The number of nitrogens with zero attached hydrogens (tertiary/aromatic N) is 1. The Morgan fingerprint density at radius 1 is 1.41 bits per heavy atom. The van der Waals surface area contributed by atoms with Crippen molar-refractivity contribution in [2.24, 2.45) is 0 Å². The molecule has 2 unspecified atom stereocenters. The van der Waals surface area contributed by atoms with Crippen LogP contribution in [-0.2, 0) is 0 Å². The maximum atomic E-state index is 12.0. The Hall–Kier alpha value is -1.49. The molecule has 1 aromatic heterocycles. The third kappa shape index (κ3) is 2.02. The van der Waals surface area contributed by atoms with Crippen molar-refractivity contribution in [2.45, 2.75) is 24.9 Å². The van der Waals surface area contributed by atoms with Crippen LogP contribution in [0.25, 0.3) is 0 Å². The van der Waals surface area contributed by atoms with Crippen LogP contribution in [0.15, 0.2) is 18.5 Å². The summed E-state index contributed by atoms with van der Waals surface area (Å²) >= 11 is 0. The van der Waals surface area contributed by atoms with Crippen molar-refractivity contribution in [2.75, 3.05) is 19.6 Å². The van der Waals surface area contributed by atoms with Crippen molar-refractivity contribution < 1.29 is 4.79 Å². The van der Waals surface area contributed by atoms with Crippen molar-refractivity contribution in [1.82, 2.24) is 20.5 Å². The van der Waals surface area contributed by atoms with Gasteiger partial charge in [0.25, 0.3) is 0 Å². The molecule has 3 N–H and O–H groups in total. The van der Waals surface area contributed by atoms with E-state index in [0.29, 0.717) is 6.04 Å². The molecule has 2 aliphatic rings. The lowest BCUT2D eigenvalue weighted by molar-refractivity contribution is 0.184. The van der Waals surface area contributed by atoms with Crippen molar-refractivity contribution in [1.29, 1.82) is 0 Å². The monoisotopic (exact) mass is 234 g/mol. The number of amides is 2. The Kier molecular flexibility index (Phi) is 2.76. The first-order valence-corrected chi connectivity index (χ1v) is 6.25. The number of carbonyl (C=O) groups is 1. The molecule has 2 amide bonds. The fraction of sp³-hybridized carbons (Fsp3) is 0.583. The summed E-state index contributed by atoms with van der Waals surface area (Å²) in [5, 5.41) is 6.40. The van der Waals surface area contributed by atoms with Gasteiger partial charge in [-0.25, -0.2) is 4.79 Å². The lowest BCUT2D eigenvalue weighted by atomic mass is 10.1.